The van der Waals surface area contributed by atoms with Gasteiger partial charge in [0.2, 0.25) is 5.91 Å². The fraction of sp³-hybridized carbons (Fsp3) is 0.667. The van der Waals surface area contributed by atoms with E-state index in [1.165, 1.54) is 11.3 Å². The molecule has 1 heterocycles. The summed E-state index contributed by atoms with van der Waals surface area (Å²) in [4.78, 5) is 18.0. The number of hydrogen-bond acceptors (Lipinski definition) is 5. The average molecular weight is 271 g/mol. The van der Waals surface area contributed by atoms with Crippen molar-refractivity contribution in [3.05, 3.63) is 11.1 Å². The lowest BCUT2D eigenvalue weighted by Crippen LogP contribution is -2.41. The van der Waals surface area contributed by atoms with E-state index in [0.29, 0.717) is 11.7 Å². The SMILES string of the molecule is Cc1csc(NC(=O)CN(CC(C)O)C(C)C)n1. The molecule has 1 atom stereocenters. The Bertz CT molecular complexity index is 390. The van der Waals surface area contributed by atoms with Crippen LogP contribution in [0.3, 0.4) is 0 Å². The summed E-state index contributed by atoms with van der Waals surface area (Å²) >= 11 is 1.42. The van der Waals surface area contributed by atoms with Gasteiger partial charge in [-0.1, -0.05) is 0 Å². The maximum atomic E-state index is 11.9. The topological polar surface area (TPSA) is 65.5 Å². The molecule has 0 spiro atoms. The van der Waals surface area contributed by atoms with Crippen molar-refractivity contribution in [3.63, 3.8) is 0 Å². The summed E-state index contributed by atoms with van der Waals surface area (Å²) in [5.41, 5.74) is 0.903. The van der Waals surface area contributed by atoms with E-state index >= 15 is 0 Å². The van der Waals surface area contributed by atoms with Gasteiger partial charge in [-0.25, -0.2) is 4.98 Å². The Labute approximate surface area is 112 Å². The van der Waals surface area contributed by atoms with Crippen molar-refractivity contribution in [1.29, 1.82) is 0 Å². The highest BCUT2D eigenvalue weighted by atomic mass is 32.1. The zero-order valence-electron chi connectivity index (χ0n) is 11.3. The minimum atomic E-state index is -0.442. The second kappa shape index (κ2) is 6.82. The van der Waals surface area contributed by atoms with Crippen molar-refractivity contribution in [2.75, 3.05) is 18.4 Å². The summed E-state index contributed by atoms with van der Waals surface area (Å²) < 4.78 is 0. The number of hydrogen-bond donors (Lipinski definition) is 2. The fourth-order valence-corrected chi connectivity index (χ4v) is 2.26. The van der Waals surface area contributed by atoms with E-state index in [1.54, 1.807) is 6.92 Å². The van der Waals surface area contributed by atoms with E-state index in [4.69, 9.17) is 0 Å². The molecule has 0 aromatic carbocycles. The molecule has 18 heavy (non-hydrogen) atoms. The van der Waals surface area contributed by atoms with Crippen LogP contribution in [-0.4, -0.2) is 46.1 Å². The zero-order chi connectivity index (χ0) is 13.7. The molecule has 0 fully saturated rings. The van der Waals surface area contributed by atoms with Crippen LogP contribution in [0.1, 0.15) is 26.5 Å². The lowest BCUT2D eigenvalue weighted by Gasteiger charge is -2.26. The van der Waals surface area contributed by atoms with Crippen molar-refractivity contribution in [2.24, 2.45) is 0 Å². The van der Waals surface area contributed by atoms with Crippen LogP contribution in [0.2, 0.25) is 0 Å². The van der Waals surface area contributed by atoms with Gasteiger partial charge in [-0.15, -0.1) is 11.3 Å². The number of aliphatic hydroxyl groups excluding tert-OH is 1. The first-order valence-corrected chi connectivity index (χ1v) is 6.90. The Balaban J connectivity index is 2.51. The van der Waals surface area contributed by atoms with Crippen molar-refractivity contribution < 1.29 is 9.90 Å². The first-order valence-electron chi connectivity index (χ1n) is 6.02. The molecule has 0 saturated carbocycles. The Morgan fingerprint density at radius 2 is 2.22 bits per heavy atom. The standard InChI is InChI=1S/C12H21N3O2S/c1-8(2)15(5-10(4)16)6-11(17)14-12-13-9(3)7-18-12/h7-8,10,16H,5-6H2,1-4H3,(H,13,14,17). The molecule has 0 saturated heterocycles. The molecule has 102 valence electrons. The minimum Gasteiger partial charge on any atom is -0.392 e. The van der Waals surface area contributed by atoms with E-state index in [1.807, 2.05) is 31.1 Å². The highest BCUT2D eigenvalue weighted by molar-refractivity contribution is 7.13. The summed E-state index contributed by atoms with van der Waals surface area (Å²) in [6.45, 7) is 8.37. The lowest BCUT2D eigenvalue weighted by atomic mass is 10.2. The molecule has 0 radical (unpaired) electrons. The highest BCUT2D eigenvalue weighted by Gasteiger charge is 2.16. The van der Waals surface area contributed by atoms with Gasteiger partial charge in [-0.2, -0.15) is 0 Å². The van der Waals surface area contributed by atoms with Crippen LogP contribution in [0.4, 0.5) is 5.13 Å². The van der Waals surface area contributed by atoms with E-state index in [-0.39, 0.29) is 18.5 Å². The number of aliphatic hydroxyl groups is 1. The molecule has 1 aromatic rings. The number of anilines is 1. The number of nitrogens with zero attached hydrogens (tertiary/aromatic N) is 2. The predicted molar refractivity (Wildman–Crippen MR) is 73.9 cm³/mol. The second-order valence-corrected chi connectivity index (χ2v) is 5.57. The van der Waals surface area contributed by atoms with Crippen LogP contribution in [-0.2, 0) is 4.79 Å². The first kappa shape index (κ1) is 15.1. The van der Waals surface area contributed by atoms with Gasteiger partial charge in [0.15, 0.2) is 5.13 Å². The molecule has 5 nitrogen and oxygen atoms in total. The number of carbonyl (C=O) groups excluding carboxylic acids is 1. The number of rotatable bonds is 6. The summed E-state index contributed by atoms with van der Waals surface area (Å²) in [6.07, 6.45) is -0.442. The Kier molecular flexibility index (Phi) is 5.71. The van der Waals surface area contributed by atoms with Crippen LogP contribution in [0, 0.1) is 6.92 Å². The van der Waals surface area contributed by atoms with Gasteiger partial charge in [0.25, 0.3) is 0 Å². The van der Waals surface area contributed by atoms with Crippen molar-refractivity contribution >= 4 is 22.4 Å². The molecule has 1 aromatic heterocycles. The largest absolute Gasteiger partial charge is 0.392 e. The number of aromatic nitrogens is 1. The molecule has 0 bridgehead atoms. The molecule has 0 aliphatic carbocycles. The number of nitrogens with one attached hydrogen (secondary N) is 1. The number of thiazole rings is 1. The predicted octanol–water partition coefficient (Wildman–Crippen LogP) is 1.48. The zero-order valence-corrected chi connectivity index (χ0v) is 12.1. The van der Waals surface area contributed by atoms with Gasteiger partial charge in [-0.05, 0) is 27.7 Å². The molecular formula is C12H21N3O2S. The fourth-order valence-electron chi connectivity index (χ4n) is 1.55. The minimum absolute atomic E-state index is 0.0984. The van der Waals surface area contributed by atoms with Gasteiger partial charge < -0.3 is 10.4 Å². The summed E-state index contributed by atoms with van der Waals surface area (Å²) in [5.74, 6) is -0.0984. The van der Waals surface area contributed by atoms with Gasteiger partial charge in [0.05, 0.1) is 18.3 Å². The van der Waals surface area contributed by atoms with E-state index in [0.717, 1.165) is 5.69 Å². The molecule has 0 aliphatic rings. The monoisotopic (exact) mass is 271 g/mol. The lowest BCUT2D eigenvalue weighted by molar-refractivity contribution is -0.118. The van der Waals surface area contributed by atoms with Crippen molar-refractivity contribution in [2.45, 2.75) is 39.8 Å². The van der Waals surface area contributed by atoms with Crippen LogP contribution < -0.4 is 5.32 Å². The normalized spacial score (nSPS) is 13.1. The van der Waals surface area contributed by atoms with E-state index in [9.17, 15) is 9.90 Å². The van der Waals surface area contributed by atoms with Crippen LogP contribution >= 0.6 is 11.3 Å². The van der Waals surface area contributed by atoms with Crippen molar-refractivity contribution in [1.82, 2.24) is 9.88 Å². The van der Waals surface area contributed by atoms with E-state index < -0.39 is 6.10 Å². The molecular weight excluding hydrogens is 250 g/mol. The summed E-state index contributed by atoms with van der Waals surface area (Å²) in [6, 6.07) is 0.211. The van der Waals surface area contributed by atoms with Crippen molar-refractivity contribution in [3.8, 4) is 0 Å². The quantitative estimate of drug-likeness (QED) is 0.822. The third-order valence-corrected chi connectivity index (χ3v) is 3.32. The summed E-state index contributed by atoms with van der Waals surface area (Å²) in [7, 11) is 0. The number of amides is 1. The Morgan fingerprint density at radius 3 is 2.67 bits per heavy atom. The summed E-state index contributed by atoms with van der Waals surface area (Å²) in [5, 5.41) is 14.7. The Hall–Kier alpha value is -0.980. The highest BCUT2D eigenvalue weighted by Crippen LogP contribution is 2.14. The van der Waals surface area contributed by atoms with Crippen LogP contribution in [0.5, 0.6) is 0 Å². The van der Waals surface area contributed by atoms with Gasteiger partial charge >= 0.3 is 0 Å². The van der Waals surface area contributed by atoms with Gasteiger partial charge in [0.1, 0.15) is 0 Å². The number of aryl methyl sites for hydroxylation is 1. The number of carbonyl (C=O) groups is 1. The molecule has 6 heteroatoms. The van der Waals surface area contributed by atoms with Gasteiger partial charge in [-0.3, -0.25) is 9.69 Å². The van der Waals surface area contributed by atoms with Crippen LogP contribution in [0.25, 0.3) is 0 Å². The third-order valence-electron chi connectivity index (χ3n) is 2.44. The molecule has 2 N–H and O–H groups in total. The molecule has 1 unspecified atom stereocenters. The van der Waals surface area contributed by atoms with E-state index in [2.05, 4.69) is 10.3 Å². The smallest absolute Gasteiger partial charge is 0.240 e. The molecule has 0 aliphatic heterocycles. The molecule has 1 amide bonds. The van der Waals surface area contributed by atoms with Gasteiger partial charge in [0, 0.05) is 18.0 Å². The Morgan fingerprint density at radius 1 is 1.56 bits per heavy atom. The average Bonchev–Trinajstić information content (AvgIpc) is 2.62. The third kappa shape index (κ3) is 5.12. The molecule has 1 rings (SSSR count). The second-order valence-electron chi connectivity index (χ2n) is 4.71. The first-order chi connectivity index (χ1) is 8.38. The maximum Gasteiger partial charge on any atom is 0.240 e. The van der Waals surface area contributed by atoms with Crippen LogP contribution in [0.15, 0.2) is 5.38 Å². The maximum absolute atomic E-state index is 11.9.